The van der Waals surface area contributed by atoms with E-state index in [-0.39, 0.29) is 27.7 Å². The lowest BCUT2D eigenvalue weighted by Crippen LogP contribution is -2.35. The van der Waals surface area contributed by atoms with Crippen LogP contribution in [0.2, 0.25) is 0 Å². The quantitative estimate of drug-likeness (QED) is 0.0630. The maximum Gasteiger partial charge on any atom is 0.245 e. The van der Waals surface area contributed by atoms with E-state index in [1.165, 1.54) is 29.8 Å². The van der Waals surface area contributed by atoms with Gasteiger partial charge >= 0.3 is 0 Å². The first kappa shape index (κ1) is 43.6. The average molecular weight is 622 g/mol. The van der Waals surface area contributed by atoms with Gasteiger partial charge in [0.15, 0.2) is 9.03 Å². The number of nitrogens with two attached hydrogens (primary N) is 1. The van der Waals surface area contributed by atoms with Crippen molar-refractivity contribution in [3.8, 4) is 0 Å². The monoisotopic (exact) mass is 621 g/mol. The molecule has 0 heterocycles. The summed E-state index contributed by atoms with van der Waals surface area (Å²) in [6, 6.07) is 9.99. The Morgan fingerprint density at radius 1 is 1.22 bits per heavy atom. The normalized spacial score (nSPS) is 12.1. The Labute approximate surface area is 252 Å². The second kappa shape index (κ2) is 31.1. The Balaban J connectivity index is -0.000000683. The van der Waals surface area contributed by atoms with Crippen LogP contribution in [-0.4, -0.2) is 92.0 Å². The Hall–Kier alpha value is -1.89. The molecule has 0 saturated carbocycles. The first-order valence-corrected chi connectivity index (χ1v) is 15.4. The highest BCUT2D eigenvalue weighted by molar-refractivity contribution is 7.98. The molecule has 3 atom stereocenters. The number of aliphatic hydroxyl groups is 2. The fourth-order valence-corrected chi connectivity index (χ4v) is 3.25. The predicted octanol–water partition coefficient (Wildman–Crippen LogP) is 3.10. The van der Waals surface area contributed by atoms with Crippen molar-refractivity contribution in [2.75, 3.05) is 46.0 Å². The lowest BCUT2D eigenvalue weighted by atomic mass is 9.98. The van der Waals surface area contributed by atoms with Crippen molar-refractivity contribution in [1.29, 1.82) is 0 Å². The van der Waals surface area contributed by atoms with Gasteiger partial charge in [-0.25, -0.2) is 0 Å². The Morgan fingerprint density at radius 3 is 2.27 bits per heavy atom. The minimum Gasteiger partial charge on any atom is -0.400 e. The summed E-state index contributed by atoms with van der Waals surface area (Å²) in [5.41, 5.74) is 6.00. The maximum absolute atomic E-state index is 11.2. The zero-order chi connectivity index (χ0) is 31.9. The van der Waals surface area contributed by atoms with E-state index in [4.69, 9.17) is 29.7 Å². The van der Waals surface area contributed by atoms with E-state index in [0.717, 1.165) is 32.0 Å². The summed E-state index contributed by atoms with van der Waals surface area (Å²) in [7, 11) is 2.51. The SMILES string of the molecule is CC(C)(C=O)CO.CCC[C@@H](COPOCCSC)O[C@H](C)N(C=O)/C=C\C(=O)NC.CO.NCc1ccccc1. The van der Waals surface area contributed by atoms with Crippen molar-refractivity contribution in [3.05, 3.63) is 48.2 Å². The third-order valence-electron chi connectivity index (χ3n) is 4.77. The number of thioether (sulfide) groups is 1. The Bertz CT molecular complexity index is 776. The first-order valence-electron chi connectivity index (χ1n) is 13.2. The predicted molar refractivity (Wildman–Crippen MR) is 168 cm³/mol. The van der Waals surface area contributed by atoms with Crippen molar-refractivity contribution in [3.63, 3.8) is 0 Å². The van der Waals surface area contributed by atoms with Crippen molar-refractivity contribution >= 4 is 39.4 Å². The summed E-state index contributed by atoms with van der Waals surface area (Å²) in [5, 5.41) is 17.8. The van der Waals surface area contributed by atoms with Crippen LogP contribution in [-0.2, 0) is 34.7 Å². The van der Waals surface area contributed by atoms with Crippen LogP contribution in [0.25, 0.3) is 0 Å². The molecule has 2 amide bonds. The maximum atomic E-state index is 11.2. The van der Waals surface area contributed by atoms with Gasteiger partial charge in [0.1, 0.15) is 12.5 Å². The highest BCUT2D eigenvalue weighted by Crippen LogP contribution is 2.18. The fraction of sp³-hybridized carbons (Fsp3) is 0.607. The molecule has 0 aliphatic carbocycles. The Kier molecular flexibility index (Phi) is 33.0. The van der Waals surface area contributed by atoms with Crippen LogP contribution < -0.4 is 11.1 Å². The number of carbonyl (C=O) groups is 3. The van der Waals surface area contributed by atoms with E-state index in [9.17, 15) is 14.4 Å². The minimum atomic E-state index is -0.542. The molecule has 1 aromatic rings. The van der Waals surface area contributed by atoms with Gasteiger partial charge in [-0.05, 0) is 25.2 Å². The van der Waals surface area contributed by atoms with Crippen LogP contribution in [0.5, 0.6) is 0 Å². The fourth-order valence-electron chi connectivity index (χ4n) is 2.33. The smallest absolute Gasteiger partial charge is 0.245 e. The molecule has 0 aliphatic rings. The summed E-state index contributed by atoms with van der Waals surface area (Å²) in [5.74, 6) is 0.653. The second-order valence-corrected chi connectivity index (χ2v) is 10.5. The van der Waals surface area contributed by atoms with Crippen LogP contribution in [0.1, 0.15) is 46.1 Å². The summed E-state index contributed by atoms with van der Waals surface area (Å²) in [6.07, 6.45) is 7.18. The van der Waals surface area contributed by atoms with E-state index >= 15 is 0 Å². The molecular formula is C28H52N3O8PS. The molecule has 5 N–H and O–H groups in total. The summed E-state index contributed by atoms with van der Waals surface area (Å²) in [4.78, 5) is 33.6. The highest BCUT2D eigenvalue weighted by atomic mass is 32.2. The van der Waals surface area contributed by atoms with Crippen LogP contribution in [0.15, 0.2) is 42.6 Å². The van der Waals surface area contributed by atoms with Gasteiger partial charge in [-0.1, -0.05) is 57.5 Å². The number of hydrogen-bond donors (Lipinski definition) is 4. The van der Waals surface area contributed by atoms with Gasteiger partial charge in [0, 0.05) is 44.1 Å². The molecule has 0 spiro atoms. The minimum absolute atomic E-state index is 0.0159. The van der Waals surface area contributed by atoms with Gasteiger partial charge in [0.05, 0.1) is 25.9 Å². The van der Waals surface area contributed by atoms with Crippen LogP contribution in [0.3, 0.4) is 0 Å². The molecule has 0 radical (unpaired) electrons. The van der Waals surface area contributed by atoms with E-state index < -0.39 is 11.6 Å². The number of aldehydes is 1. The van der Waals surface area contributed by atoms with Crippen LogP contribution >= 0.6 is 20.8 Å². The standard InChI is InChI=1S/C15H29N2O5PS.C7H9N.C5H10O2.CH4O/c1-5-6-14(11-21-23-20-9-10-24-4)22-13(2)17(12-18)8-7-15(19)16-3;8-6-7-4-2-1-3-5-7;1-5(2,3-6)4-7;1-2/h7-8,12-14,23H,5-6,9-11H2,1-4H3,(H,16,19);1-5H,6,8H2;3,7H,4H2,1-2H3;2H,1H3/b8-7-;;;/t13-,14+;;;/m1.../s1. The lowest BCUT2D eigenvalue weighted by Gasteiger charge is -2.27. The molecule has 0 saturated heterocycles. The lowest BCUT2D eigenvalue weighted by molar-refractivity contribution is -0.133. The van der Waals surface area contributed by atoms with E-state index in [1.807, 2.05) is 36.6 Å². The number of hydrogen-bond acceptors (Lipinski definition) is 10. The molecule has 1 unspecified atom stereocenters. The number of carbonyl (C=O) groups excluding carboxylic acids is 3. The van der Waals surface area contributed by atoms with E-state index in [2.05, 4.69) is 12.2 Å². The third-order valence-corrected chi connectivity index (χ3v) is 5.95. The zero-order valence-electron chi connectivity index (χ0n) is 25.6. The van der Waals surface area contributed by atoms with Gasteiger partial charge < -0.3 is 39.8 Å². The summed E-state index contributed by atoms with van der Waals surface area (Å²) < 4.78 is 16.7. The van der Waals surface area contributed by atoms with E-state index in [1.54, 1.807) is 32.5 Å². The highest BCUT2D eigenvalue weighted by Gasteiger charge is 2.17. The number of amides is 2. The van der Waals surface area contributed by atoms with Crippen LogP contribution in [0.4, 0.5) is 0 Å². The van der Waals surface area contributed by atoms with E-state index in [0.29, 0.717) is 26.2 Å². The van der Waals surface area contributed by atoms with Gasteiger partial charge in [-0.3, -0.25) is 14.5 Å². The number of rotatable bonds is 18. The van der Waals surface area contributed by atoms with Crippen LogP contribution in [0, 0.1) is 5.41 Å². The molecule has 41 heavy (non-hydrogen) atoms. The van der Waals surface area contributed by atoms with Gasteiger partial charge in [0.25, 0.3) is 0 Å². The van der Waals surface area contributed by atoms with Crippen molar-refractivity contribution < 1.29 is 38.4 Å². The molecule has 0 bridgehead atoms. The number of aliphatic hydroxyl groups excluding tert-OH is 2. The summed E-state index contributed by atoms with van der Waals surface area (Å²) in [6.45, 7) is 8.81. The molecule has 11 nitrogen and oxygen atoms in total. The number of nitrogens with one attached hydrogen (secondary N) is 1. The second-order valence-electron chi connectivity index (χ2n) is 8.82. The average Bonchev–Trinajstić information content (AvgIpc) is 3.01. The molecular weight excluding hydrogens is 569 g/mol. The largest absolute Gasteiger partial charge is 0.400 e. The molecule has 0 fully saturated rings. The molecule has 238 valence electrons. The van der Waals surface area contributed by atoms with Crippen molar-refractivity contribution in [2.24, 2.45) is 11.1 Å². The molecule has 1 aromatic carbocycles. The number of nitrogens with zero attached hydrogens (tertiary/aromatic N) is 1. The molecule has 13 heteroatoms. The number of ether oxygens (including phenoxy) is 1. The zero-order valence-corrected chi connectivity index (χ0v) is 27.4. The van der Waals surface area contributed by atoms with Gasteiger partial charge in [-0.15, -0.1) is 0 Å². The summed E-state index contributed by atoms with van der Waals surface area (Å²) >= 11 is 1.72. The van der Waals surface area contributed by atoms with Crippen molar-refractivity contribution in [1.82, 2.24) is 10.2 Å². The van der Waals surface area contributed by atoms with Gasteiger partial charge in [-0.2, -0.15) is 11.8 Å². The number of benzene rings is 1. The van der Waals surface area contributed by atoms with Gasteiger partial charge in [0.2, 0.25) is 12.3 Å². The number of likely N-dealkylation sites (N-methyl/N-ethyl adjacent to an activating group) is 1. The van der Waals surface area contributed by atoms with Crippen molar-refractivity contribution in [2.45, 2.75) is 59.4 Å². The third kappa shape index (κ3) is 28.0. The molecule has 0 aromatic heterocycles. The molecule has 1 rings (SSSR count). The Morgan fingerprint density at radius 2 is 1.85 bits per heavy atom. The first-order chi connectivity index (χ1) is 19.6. The molecule has 0 aliphatic heterocycles. The topological polar surface area (TPSA) is 161 Å².